The SMILES string of the molecule is COC(=O)Cc1c(C(F)F)ncc(C)c1Cl. The molecule has 88 valence electrons. The highest BCUT2D eigenvalue weighted by molar-refractivity contribution is 6.32. The minimum absolute atomic E-state index is 0.0310. The van der Waals surface area contributed by atoms with Crippen LogP contribution in [0.25, 0.3) is 0 Å². The Balaban J connectivity index is 3.20. The Kier molecular flexibility index (Phi) is 4.18. The summed E-state index contributed by atoms with van der Waals surface area (Å²) < 4.78 is 29.7. The summed E-state index contributed by atoms with van der Waals surface area (Å²) in [6, 6.07) is 0. The third kappa shape index (κ3) is 2.66. The minimum atomic E-state index is -2.77. The van der Waals surface area contributed by atoms with Crippen LogP contribution in [0.3, 0.4) is 0 Å². The lowest BCUT2D eigenvalue weighted by molar-refractivity contribution is -0.139. The van der Waals surface area contributed by atoms with E-state index in [0.717, 1.165) is 0 Å². The van der Waals surface area contributed by atoms with Crippen molar-refractivity contribution in [1.29, 1.82) is 0 Å². The van der Waals surface area contributed by atoms with Crippen molar-refractivity contribution in [2.24, 2.45) is 0 Å². The number of carbonyl (C=O) groups excluding carboxylic acids is 1. The number of pyridine rings is 1. The van der Waals surface area contributed by atoms with Crippen molar-refractivity contribution in [3.8, 4) is 0 Å². The van der Waals surface area contributed by atoms with Crippen LogP contribution in [-0.2, 0) is 16.0 Å². The van der Waals surface area contributed by atoms with Crippen molar-refractivity contribution in [3.05, 3.63) is 28.0 Å². The predicted octanol–water partition coefficient (Wildman–Crippen LogP) is 2.70. The Morgan fingerprint density at radius 2 is 2.25 bits per heavy atom. The van der Waals surface area contributed by atoms with Crippen LogP contribution in [0.4, 0.5) is 8.78 Å². The van der Waals surface area contributed by atoms with Gasteiger partial charge in [0.05, 0.1) is 18.6 Å². The highest BCUT2D eigenvalue weighted by atomic mass is 35.5. The minimum Gasteiger partial charge on any atom is -0.469 e. The summed E-state index contributed by atoms with van der Waals surface area (Å²) in [6.07, 6.45) is -1.81. The Bertz CT molecular complexity index is 410. The molecule has 3 nitrogen and oxygen atoms in total. The van der Waals surface area contributed by atoms with E-state index in [-0.39, 0.29) is 17.0 Å². The highest BCUT2D eigenvalue weighted by Crippen LogP contribution is 2.29. The van der Waals surface area contributed by atoms with Crippen LogP contribution >= 0.6 is 11.6 Å². The topological polar surface area (TPSA) is 39.2 Å². The number of hydrogen-bond donors (Lipinski definition) is 0. The van der Waals surface area contributed by atoms with Gasteiger partial charge >= 0.3 is 5.97 Å². The van der Waals surface area contributed by atoms with E-state index in [1.165, 1.54) is 13.3 Å². The van der Waals surface area contributed by atoms with E-state index in [9.17, 15) is 13.6 Å². The Hall–Kier alpha value is -1.23. The van der Waals surface area contributed by atoms with Gasteiger partial charge in [0.2, 0.25) is 0 Å². The van der Waals surface area contributed by atoms with Gasteiger partial charge < -0.3 is 4.74 Å². The molecule has 1 rings (SSSR count). The van der Waals surface area contributed by atoms with Gasteiger partial charge in [0.25, 0.3) is 6.43 Å². The molecular formula is C10H10ClF2NO2. The van der Waals surface area contributed by atoms with Crippen LogP contribution in [0, 0.1) is 6.92 Å². The molecule has 6 heteroatoms. The zero-order valence-corrected chi connectivity index (χ0v) is 9.52. The third-order valence-electron chi connectivity index (χ3n) is 2.07. The summed E-state index contributed by atoms with van der Waals surface area (Å²) in [5, 5.41) is 0.135. The summed E-state index contributed by atoms with van der Waals surface area (Å²) >= 11 is 5.86. The Morgan fingerprint density at radius 1 is 1.62 bits per heavy atom. The first-order valence-electron chi connectivity index (χ1n) is 4.46. The van der Waals surface area contributed by atoms with Gasteiger partial charge in [0.15, 0.2) is 0 Å². The standard InChI is InChI=1S/C10H10ClF2NO2/c1-5-4-14-9(10(12)13)6(8(5)11)3-7(15)16-2/h4,10H,3H2,1-2H3. The zero-order chi connectivity index (χ0) is 12.3. The van der Waals surface area contributed by atoms with E-state index in [1.807, 2.05) is 0 Å². The van der Waals surface area contributed by atoms with E-state index in [0.29, 0.717) is 5.56 Å². The van der Waals surface area contributed by atoms with Crippen molar-refractivity contribution in [3.63, 3.8) is 0 Å². The van der Waals surface area contributed by atoms with Crippen molar-refractivity contribution < 1.29 is 18.3 Å². The highest BCUT2D eigenvalue weighted by Gasteiger charge is 2.21. The molecule has 0 aliphatic heterocycles. The molecule has 1 aromatic rings. The molecule has 1 aromatic heterocycles. The molecular weight excluding hydrogens is 240 g/mol. The number of aryl methyl sites for hydroxylation is 1. The van der Waals surface area contributed by atoms with Crippen LogP contribution < -0.4 is 0 Å². The van der Waals surface area contributed by atoms with Gasteiger partial charge in [0.1, 0.15) is 5.69 Å². The quantitative estimate of drug-likeness (QED) is 0.773. The molecule has 0 amide bonds. The number of carbonyl (C=O) groups is 1. The van der Waals surface area contributed by atoms with Gasteiger partial charge in [-0.2, -0.15) is 0 Å². The zero-order valence-electron chi connectivity index (χ0n) is 8.76. The second-order valence-corrected chi connectivity index (χ2v) is 3.55. The lowest BCUT2D eigenvalue weighted by Gasteiger charge is -2.10. The van der Waals surface area contributed by atoms with E-state index < -0.39 is 18.1 Å². The fourth-order valence-electron chi connectivity index (χ4n) is 1.22. The number of rotatable bonds is 3. The van der Waals surface area contributed by atoms with Crippen LogP contribution in [0.2, 0.25) is 5.02 Å². The lowest BCUT2D eigenvalue weighted by Crippen LogP contribution is -2.10. The van der Waals surface area contributed by atoms with Crippen LogP contribution in [-0.4, -0.2) is 18.1 Å². The molecule has 0 aliphatic carbocycles. The number of halogens is 3. The smallest absolute Gasteiger partial charge is 0.310 e. The van der Waals surface area contributed by atoms with Crippen LogP contribution in [0.1, 0.15) is 23.2 Å². The molecule has 16 heavy (non-hydrogen) atoms. The Morgan fingerprint density at radius 3 is 2.75 bits per heavy atom. The fourth-order valence-corrected chi connectivity index (χ4v) is 1.44. The second-order valence-electron chi connectivity index (χ2n) is 3.17. The maximum atomic E-state index is 12.6. The number of nitrogens with zero attached hydrogens (tertiary/aromatic N) is 1. The molecule has 0 bridgehead atoms. The first-order valence-corrected chi connectivity index (χ1v) is 4.84. The predicted molar refractivity (Wildman–Crippen MR) is 54.7 cm³/mol. The molecule has 0 aromatic carbocycles. The van der Waals surface area contributed by atoms with Crippen molar-refractivity contribution in [1.82, 2.24) is 4.98 Å². The molecule has 0 saturated heterocycles. The first kappa shape index (κ1) is 12.8. The molecule has 0 saturated carbocycles. The average molecular weight is 250 g/mol. The summed E-state index contributed by atoms with van der Waals surface area (Å²) in [5.41, 5.74) is 0.106. The third-order valence-corrected chi connectivity index (χ3v) is 2.60. The largest absolute Gasteiger partial charge is 0.469 e. The van der Waals surface area contributed by atoms with Gasteiger partial charge in [0, 0.05) is 11.8 Å². The van der Waals surface area contributed by atoms with Gasteiger partial charge in [-0.3, -0.25) is 9.78 Å². The molecule has 1 heterocycles. The van der Waals surface area contributed by atoms with Crippen molar-refractivity contribution in [2.75, 3.05) is 7.11 Å². The molecule has 0 N–H and O–H groups in total. The average Bonchev–Trinajstić information content (AvgIpc) is 2.24. The van der Waals surface area contributed by atoms with Gasteiger partial charge in [-0.05, 0) is 12.5 Å². The van der Waals surface area contributed by atoms with E-state index in [1.54, 1.807) is 6.92 Å². The Labute approximate surface area is 96.4 Å². The number of ether oxygens (including phenoxy) is 1. The number of esters is 1. The van der Waals surface area contributed by atoms with Crippen molar-refractivity contribution in [2.45, 2.75) is 19.8 Å². The van der Waals surface area contributed by atoms with Gasteiger partial charge in [-0.1, -0.05) is 11.6 Å². The second kappa shape index (κ2) is 5.21. The monoisotopic (exact) mass is 249 g/mol. The number of alkyl halides is 2. The molecule has 0 spiro atoms. The molecule has 0 atom stereocenters. The number of methoxy groups -OCH3 is 1. The van der Waals surface area contributed by atoms with Crippen LogP contribution in [0.5, 0.6) is 0 Å². The number of aromatic nitrogens is 1. The summed E-state index contributed by atoms with van der Waals surface area (Å²) in [4.78, 5) is 14.6. The maximum Gasteiger partial charge on any atom is 0.310 e. The maximum absolute atomic E-state index is 12.6. The van der Waals surface area contributed by atoms with E-state index in [4.69, 9.17) is 11.6 Å². The first-order chi connectivity index (χ1) is 7.47. The van der Waals surface area contributed by atoms with Crippen LogP contribution in [0.15, 0.2) is 6.20 Å². The summed E-state index contributed by atoms with van der Waals surface area (Å²) in [7, 11) is 1.18. The summed E-state index contributed by atoms with van der Waals surface area (Å²) in [5.74, 6) is -0.629. The van der Waals surface area contributed by atoms with Crippen molar-refractivity contribution >= 4 is 17.6 Å². The molecule has 0 fully saturated rings. The fraction of sp³-hybridized carbons (Fsp3) is 0.400. The molecule has 0 aliphatic rings. The van der Waals surface area contributed by atoms with Gasteiger partial charge in [-0.15, -0.1) is 0 Å². The number of hydrogen-bond acceptors (Lipinski definition) is 3. The van der Waals surface area contributed by atoms with Gasteiger partial charge in [-0.25, -0.2) is 8.78 Å². The normalized spacial score (nSPS) is 10.6. The van der Waals surface area contributed by atoms with E-state index in [2.05, 4.69) is 9.72 Å². The summed E-state index contributed by atoms with van der Waals surface area (Å²) in [6.45, 7) is 1.63. The molecule has 0 radical (unpaired) electrons. The van der Waals surface area contributed by atoms with E-state index >= 15 is 0 Å². The molecule has 0 unspecified atom stereocenters. The lowest BCUT2D eigenvalue weighted by atomic mass is 10.1.